The van der Waals surface area contributed by atoms with E-state index in [1.807, 2.05) is 13.8 Å². The van der Waals surface area contributed by atoms with Crippen LogP contribution in [0.2, 0.25) is 0 Å². The van der Waals surface area contributed by atoms with Crippen LogP contribution in [0.25, 0.3) is 11.3 Å². The van der Waals surface area contributed by atoms with E-state index in [0.717, 1.165) is 11.3 Å². The summed E-state index contributed by atoms with van der Waals surface area (Å²) in [7, 11) is 0. The molecule has 0 spiro atoms. The van der Waals surface area contributed by atoms with Gasteiger partial charge < -0.3 is 11.1 Å². The van der Waals surface area contributed by atoms with Gasteiger partial charge in [0.05, 0.1) is 17.5 Å². The van der Waals surface area contributed by atoms with Gasteiger partial charge in [-0.1, -0.05) is 0 Å². The topological polar surface area (TPSA) is 92.5 Å². The zero-order valence-electron chi connectivity index (χ0n) is 9.23. The molecule has 2 heterocycles. The number of aromatic nitrogens is 4. The van der Waals surface area contributed by atoms with E-state index in [1.54, 1.807) is 18.5 Å². The highest BCUT2D eigenvalue weighted by Gasteiger charge is 2.07. The van der Waals surface area contributed by atoms with E-state index >= 15 is 0 Å². The molecule has 0 aliphatic rings. The second-order valence-electron chi connectivity index (χ2n) is 3.76. The van der Waals surface area contributed by atoms with Crippen molar-refractivity contribution in [3.8, 4) is 11.3 Å². The third-order valence-corrected chi connectivity index (χ3v) is 2.02. The molecule has 0 bridgehead atoms. The molecule has 0 aliphatic heterocycles. The molecule has 16 heavy (non-hydrogen) atoms. The minimum absolute atomic E-state index is 0.289. The summed E-state index contributed by atoms with van der Waals surface area (Å²) in [6.45, 7) is 4.06. The molecule has 0 radical (unpaired) electrons. The molecule has 0 saturated carbocycles. The van der Waals surface area contributed by atoms with Crippen LogP contribution in [0, 0.1) is 0 Å². The van der Waals surface area contributed by atoms with Gasteiger partial charge in [0.15, 0.2) is 0 Å². The maximum atomic E-state index is 5.73. The lowest BCUT2D eigenvalue weighted by Crippen LogP contribution is -2.12. The van der Waals surface area contributed by atoms with Crippen LogP contribution in [0.5, 0.6) is 0 Å². The Morgan fingerprint density at radius 2 is 2.25 bits per heavy atom. The Kier molecular flexibility index (Phi) is 2.72. The second-order valence-corrected chi connectivity index (χ2v) is 3.76. The van der Waals surface area contributed by atoms with E-state index in [9.17, 15) is 0 Å². The predicted molar refractivity (Wildman–Crippen MR) is 62.8 cm³/mol. The van der Waals surface area contributed by atoms with Crippen molar-refractivity contribution in [1.29, 1.82) is 0 Å². The van der Waals surface area contributed by atoms with E-state index in [1.165, 1.54) is 0 Å². The van der Waals surface area contributed by atoms with Crippen molar-refractivity contribution in [2.24, 2.45) is 0 Å². The van der Waals surface area contributed by atoms with Gasteiger partial charge in [-0.05, 0) is 19.9 Å². The molecular formula is C10H14N6. The van der Waals surface area contributed by atoms with Crippen LogP contribution in [-0.2, 0) is 0 Å². The van der Waals surface area contributed by atoms with Crippen LogP contribution in [0.15, 0.2) is 18.5 Å². The molecule has 0 amide bonds. The van der Waals surface area contributed by atoms with Crippen LogP contribution in [0.3, 0.4) is 0 Å². The van der Waals surface area contributed by atoms with Gasteiger partial charge in [0.25, 0.3) is 0 Å². The van der Waals surface area contributed by atoms with Crippen molar-refractivity contribution in [2.75, 3.05) is 11.1 Å². The number of rotatable bonds is 3. The first-order valence-corrected chi connectivity index (χ1v) is 5.05. The van der Waals surface area contributed by atoms with Gasteiger partial charge in [0.2, 0.25) is 5.95 Å². The third-order valence-electron chi connectivity index (χ3n) is 2.02. The number of nitrogens with one attached hydrogen (secondary N) is 2. The van der Waals surface area contributed by atoms with Crippen LogP contribution < -0.4 is 11.1 Å². The Balaban J connectivity index is 2.33. The first-order valence-electron chi connectivity index (χ1n) is 5.05. The number of nitrogens with zero attached hydrogens (tertiary/aromatic N) is 3. The molecule has 0 fully saturated rings. The summed E-state index contributed by atoms with van der Waals surface area (Å²) in [5, 5.41) is 9.67. The standard InChI is InChI=1S/C10H14N6/c1-6(2)14-10-12-4-3-8(15-10)7-5-13-16-9(7)11/h3-6H,1-2H3,(H3,11,13,16)(H,12,14,15). The molecule has 6 heteroatoms. The zero-order chi connectivity index (χ0) is 11.5. The molecule has 6 nitrogen and oxygen atoms in total. The average Bonchev–Trinajstić information content (AvgIpc) is 2.64. The molecule has 84 valence electrons. The van der Waals surface area contributed by atoms with E-state index in [-0.39, 0.29) is 6.04 Å². The van der Waals surface area contributed by atoms with Crippen molar-refractivity contribution in [1.82, 2.24) is 20.2 Å². The summed E-state index contributed by atoms with van der Waals surface area (Å²) in [6, 6.07) is 2.09. The fourth-order valence-corrected chi connectivity index (χ4v) is 1.34. The largest absolute Gasteiger partial charge is 0.384 e. The highest BCUT2D eigenvalue weighted by molar-refractivity contribution is 5.70. The Morgan fingerprint density at radius 1 is 1.44 bits per heavy atom. The van der Waals surface area contributed by atoms with Crippen molar-refractivity contribution in [3.05, 3.63) is 18.5 Å². The van der Waals surface area contributed by atoms with Gasteiger partial charge in [-0.25, -0.2) is 9.97 Å². The smallest absolute Gasteiger partial charge is 0.223 e. The molecule has 0 aliphatic carbocycles. The lowest BCUT2D eigenvalue weighted by molar-refractivity contribution is 0.875. The van der Waals surface area contributed by atoms with Gasteiger partial charge in [-0.2, -0.15) is 5.10 Å². The number of hydrogen-bond donors (Lipinski definition) is 3. The molecule has 4 N–H and O–H groups in total. The van der Waals surface area contributed by atoms with Crippen LogP contribution in [0.4, 0.5) is 11.8 Å². The van der Waals surface area contributed by atoms with Gasteiger partial charge in [0, 0.05) is 12.2 Å². The quantitative estimate of drug-likeness (QED) is 0.721. The highest BCUT2D eigenvalue weighted by Crippen LogP contribution is 2.21. The van der Waals surface area contributed by atoms with Crippen LogP contribution in [0.1, 0.15) is 13.8 Å². The van der Waals surface area contributed by atoms with E-state index in [0.29, 0.717) is 11.8 Å². The number of nitrogen functional groups attached to an aromatic ring is 1. The molecule has 2 aromatic rings. The van der Waals surface area contributed by atoms with Gasteiger partial charge in [-0.15, -0.1) is 0 Å². The first-order chi connectivity index (χ1) is 7.66. The Hall–Kier alpha value is -2.11. The SMILES string of the molecule is CC(C)Nc1nccc(-c2cn[nH]c2N)n1. The van der Waals surface area contributed by atoms with Crippen molar-refractivity contribution in [3.63, 3.8) is 0 Å². The normalized spacial score (nSPS) is 10.7. The van der Waals surface area contributed by atoms with Gasteiger partial charge in [0.1, 0.15) is 5.82 Å². The maximum Gasteiger partial charge on any atom is 0.223 e. The van der Waals surface area contributed by atoms with Crippen LogP contribution >= 0.6 is 0 Å². The summed E-state index contributed by atoms with van der Waals surface area (Å²) in [5.74, 6) is 1.10. The summed E-state index contributed by atoms with van der Waals surface area (Å²) >= 11 is 0. The average molecular weight is 218 g/mol. The van der Waals surface area contributed by atoms with E-state index in [4.69, 9.17) is 5.73 Å². The zero-order valence-corrected chi connectivity index (χ0v) is 9.23. The summed E-state index contributed by atoms with van der Waals surface area (Å²) in [6.07, 6.45) is 3.34. The molecule has 0 aromatic carbocycles. The third kappa shape index (κ3) is 2.10. The monoisotopic (exact) mass is 218 g/mol. The highest BCUT2D eigenvalue weighted by atomic mass is 15.2. The van der Waals surface area contributed by atoms with Crippen molar-refractivity contribution >= 4 is 11.8 Å². The number of hydrogen-bond acceptors (Lipinski definition) is 5. The van der Waals surface area contributed by atoms with Crippen molar-refractivity contribution < 1.29 is 0 Å². The van der Waals surface area contributed by atoms with E-state index < -0.39 is 0 Å². The fraction of sp³-hybridized carbons (Fsp3) is 0.300. The molecular weight excluding hydrogens is 204 g/mol. The van der Waals surface area contributed by atoms with E-state index in [2.05, 4.69) is 25.5 Å². The second kappa shape index (κ2) is 4.18. The molecule has 0 unspecified atom stereocenters. The Morgan fingerprint density at radius 3 is 2.88 bits per heavy atom. The molecule has 2 rings (SSSR count). The maximum absolute atomic E-state index is 5.73. The molecule has 0 saturated heterocycles. The number of aromatic amines is 1. The summed E-state index contributed by atoms with van der Waals surface area (Å²) in [4.78, 5) is 8.48. The summed E-state index contributed by atoms with van der Waals surface area (Å²) < 4.78 is 0. The summed E-state index contributed by atoms with van der Waals surface area (Å²) in [5.41, 5.74) is 7.27. The Labute approximate surface area is 93.3 Å². The lowest BCUT2D eigenvalue weighted by Gasteiger charge is -2.08. The van der Waals surface area contributed by atoms with Crippen molar-refractivity contribution in [2.45, 2.75) is 19.9 Å². The minimum atomic E-state index is 0.289. The number of nitrogens with two attached hydrogens (primary N) is 1. The van der Waals surface area contributed by atoms with Crippen LogP contribution in [-0.4, -0.2) is 26.2 Å². The molecule has 2 aromatic heterocycles. The van der Waals surface area contributed by atoms with Gasteiger partial charge >= 0.3 is 0 Å². The molecule has 0 atom stereocenters. The number of anilines is 2. The first kappa shape index (κ1) is 10.4. The number of H-pyrrole nitrogens is 1. The predicted octanol–water partition coefficient (Wildman–Crippen LogP) is 1.27. The minimum Gasteiger partial charge on any atom is -0.384 e. The van der Waals surface area contributed by atoms with Gasteiger partial charge in [-0.3, -0.25) is 5.10 Å². The lowest BCUT2D eigenvalue weighted by atomic mass is 10.2. The Bertz CT molecular complexity index is 476. The fourth-order valence-electron chi connectivity index (χ4n) is 1.34.